The highest BCUT2D eigenvalue weighted by Crippen LogP contribution is 2.77. The molecule has 8 atom stereocenters. The van der Waals surface area contributed by atoms with Gasteiger partial charge in [-0.3, -0.25) is 14.4 Å². The van der Waals surface area contributed by atoms with Gasteiger partial charge in [-0.15, -0.1) is 0 Å². The Labute approximate surface area is 313 Å². The Balaban J connectivity index is 1.24. The van der Waals surface area contributed by atoms with Crippen molar-refractivity contribution in [2.75, 3.05) is 0 Å². The summed E-state index contributed by atoms with van der Waals surface area (Å²) < 4.78 is 6.18. The first-order chi connectivity index (χ1) is 23.7. The number of rotatable bonds is 10. The number of carboxylic acid groups (broad SMARTS) is 1. The minimum absolute atomic E-state index is 0.0181. The molecule has 0 saturated heterocycles. The predicted octanol–water partition coefficient (Wildman–Crippen LogP) is 11.4. The molecule has 0 aromatic heterocycles. The second kappa shape index (κ2) is 13.3. The van der Waals surface area contributed by atoms with Crippen LogP contribution in [0.25, 0.3) is 0 Å². The fraction of sp³-hybridized carbons (Fsp3) is 0.756. The molecular weight excluding hydrogens is 656 g/mol. The maximum absolute atomic E-state index is 14.0. The number of unbranched alkanes of at least 4 members (excludes halogenated alkanes) is 1. The molecule has 0 aliphatic heterocycles. The molecule has 4 fully saturated rings. The average molecular weight is 721 g/mol. The lowest BCUT2D eigenvalue weighted by molar-refractivity contribution is -0.233. The molecule has 5 nitrogen and oxygen atoms in total. The number of Topliss-reactive ketones (excluding diaryl/α,β-unsaturated/α-hetero) is 1. The predicted molar refractivity (Wildman–Crippen MR) is 204 cm³/mol. The molecule has 6 rings (SSSR count). The van der Waals surface area contributed by atoms with Crippen LogP contribution >= 0.6 is 11.6 Å². The summed E-state index contributed by atoms with van der Waals surface area (Å²) in [5.41, 5.74) is 3.19. The van der Waals surface area contributed by atoms with Crippen molar-refractivity contribution in [3.63, 3.8) is 0 Å². The van der Waals surface area contributed by atoms with E-state index in [4.69, 9.17) is 16.3 Å². The molecule has 282 valence electrons. The van der Waals surface area contributed by atoms with E-state index in [1.807, 2.05) is 12.1 Å². The highest BCUT2D eigenvalue weighted by atomic mass is 35.5. The normalized spacial score (nSPS) is 37.4. The van der Waals surface area contributed by atoms with E-state index in [0.717, 1.165) is 69.2 Å². The zero-order chi connectivity index (χ0) is 37.4. The minimum Gasteiger partial charge on any atom is -0.481 e. The van der Waals surface area contributed by atoms with E-state index in [1.165, 1.54) is 24.0 Å². The van der Waals surface area contributed by atoms with Crippen molar-refractivity contribution in [3.05, 3.63) is 46.0 Å². The van der Waals surface area contributed by atoms with Gasteiger partial charge in [0.15, 0.2) is 5.78 Å². The molecule has 0 spiro atoms. The fourth-order valence-electron chi connectivity index (χ4n) is 13.3. The third kappa shape index (κ3) is 6.25. The Kier molecular flexibility index (Phi) is 10.1. The summed E-state index contributed by atoms with van der Waals surface area (Å²) in [4.78, 5) is 38.8. The van der Waals surface area contributed by atoms with Crippen molar-refractivity contribution in [1.82, 2.24) is 0 Å². The first-order valence-electron chi connectivity index (χ1n) is 20.2. The van der Waals surface area contributed by atoms with Crippen molar-refractivity contribution in [1.29, 1.82) is 0 Å². The van der Waals surface area contributed by atoms with Crippen molar-refractivity contribution in [2.24, 2.45) is 56.2 Å². The van der Waals surface area contributed by atoms with E-state index in [1.54, 1.807) is 19.4 Å². The Morgan fingerprint density at radius 1 is 0.902 bits per heavy atom. The number of ketones is 1. The fourth-order valence-corrected chi connectivity index (χ4v) is 13.4. The number of hydrogen-bond acceptors (Lipinski definition) is 4. The zero-order valence-corrected chi connectivity index (χ0v) is 33.8. The number of carbonyl (C=O) groups is 3. The first kappa shape index (κ1) is 38.6. The third-order valence-electron chi connectivity index (χ3n) is 16.2. The van der Waals surface area contributed by atoms with E-state index < -0.39 is 17.4 Å². The number of hydrogen-bond donors (Lipinski definition) is 1. The number of halogens is 1. The monoisotopic (exact) mass is 720 g/mol. The minimum atomic E-state index is -1.14. The summed E-state index contributed by atoms with van der Waals surface area (Å²) >= 11 is 6.14. The summed E-state index contributed by atoms with van der Waals surface area (Å²) in [6.45, 7) is 20.1. The highest BCUT2D eigenvalue weighted by molar-refractivity contribution is 6.30. The maximum atomic E-state index is 14.0. The number of benzene rings is 1. The third-order valence-corrected chi connectivity index (χ3v) is 16.5. The molecular formula is C45H65ClO5. The lowest BCUT2D eigenvalue weighted by atomic mass is 9.33. The molecule has 5 aliphatic carbocycles. The molecule has 0 unspecified atom stereocenters. The van der Waals surface area contributed by atoms with Crippen LogP contribution in [-0.2, 0) is 25.5 Å². The van der Waals surface area contributed by atoms with Crippen LogP contribution < -0.4 is 0 Å². The van der Waals surface area contributed by atoms with Crippen molar-refractivity contribution in [2.45, 2.75) is 158 Å². The van der Waals surface area contributed by atoms with Crippen LogP contribution in [0.3, 0.4) is 0 Å². The second-order valence-corrected chi connectivity index (χ2v) is 20.5. The van der Waals surface area contributed by atoms with Gasteiger partial charge in [0.25, 0.3) is 0 Å². The van der Waals surface area contributed by atoms with Gasteiger partial charge in [0.1, 0.15) is 6.10 Å². The van der Waals surface area contributed by atoms with Gasteiger partial charge in [-0.2, -0.15) is 0 Å². The van der Waals surface area contributed by atoms with E-state index in [2.05, 4.69) is 60.6 Å². The van der Waals surface area contributed by atoms with Crippen molar-refractivity contribution < 1.29 is 24.2 Å². The van der Waals surface area contributed by atoms with Gasteiger partial charge in [0.05, 0.1) is 11.8 Å². The van der Waals surface area contributed by atoms with E-state index in [-0.39, 0.29) is 45.5 Å². The van der Waals surface area contributed by atoms with Crippen LogP contribution in [0, 0.1) is 56.2 Å². The van der Waals surface area contributed by atoms with Gasteiger partial charge in [-0.1, -0.05) is 84.2 Å². The lowest BCUT2D eigenvalue weighted by Crippen LogP contribution is -2.65. The largest absolute Gasteiger partial charge is 0.481 e. The number of carboxylic acids is 1. The number of aliphatic carboxylic acids is 1. The summed E-state index contributed by atoms with van der Waals surface area (Å²) in [7, 11) is 0. The summed E-state index contributed by atoms with van der Waals surface area (Å²) in [6.07, 6.45) is 13.6. The number of fused-ring (bicyclic) bond motifs is 7. The molecule has 1 N–H and O–H groups in total. The summed E-state index contributed by atoms with van der Waals surface area (Å²) in [5.74, 6) is 0.751. The molecule has 51 heavy (non-hydrogen) atoms. The van der Waals surface area contributed by atoms with E-state index in [9.17, 15) is 19.5 Å². The number of allylic oxidation sites excluding steroid dienone is 2. The molecule has 1 aromatic rings. The highest BCUT2D eigenvalue weighted by Gasteiger charge is 2.70. The van der Waals surface area contributed by atoms with E-state index >= 15 is 0 Å². The Morgan fingerprint density at radius 3 is 2.24 bits per heavy atom. The molecule has 5 aliphatic rings. The smallest absolute Gasteiger partial charge is 0.309 e. The number of esters is 1. The quantitative estimate of drug-likeness (QED) is 0.192. The topological polar surface area (TPSA) is 80.7 Å². The first-order valence-corrected chi connectivity index (χ1v) is 20.5. The van der Waals surface area contributed by atoms with Crippen LogP contribution in [0.4, 0.5) is 0 Å². The second-order valence-electron chi connectivity index (χ2n) is 20.0. The summed E-state index contributed by atoms with van der Waals surface area (Å²) in [5, 5.41) is 10.4. The molecule has 0 radical (unpaired) electrons. The summed E-state index contributed by atoms with van der Waals surface area (Å²) in [6, 6.07) is 8.26. The van der Waals surface area contributed by atoms with Gasteiger partial charge in [0.2, 0.25) is 0 Å². The van der Waals surface area contributed by atoms with Crippen LogP contribution in [-0.4, -0.2) is 28.9 Å². The number of aryl methyl sites for hydroxylation is 1. The molecule has 1 aromatic carbocycles. The SMILES string of the molecule is CC(C)C1=C2[C@H]3CC[C@@H]4[C@@]5(C)CC[C@H](OC(=O)CC(C)(C)C(=O)O)C(C)(C)[C@@H]5CC[C@@]4(C)[C@]3(C)CC[C@@]2(CCCCc2ccc(Cl)cc2)CC1=O. The number of carbonyl (C=O) groups excluding carboxylic acids is 2. The van der Waals surface area contributed by atoms with Crippen molar-refractivity contribution >= 4 is 29.3 Å². The number of ether oxygens (including phenoxy) is 1. The Bertz CT molecular complexity index is 1570. The van der Waals surface area contributed by atoms with Gasteiger partial charge in [-0.05, 0) is 153 Å². The van der Waals surface area contributed by atoms with Gasteiger partial charge >= 0.3 is 11.9 Å². The maximum Gasteiger partial charge on any atom is 0.309 e. The molecule has 6 heteroatoms. The van der Waals surface area contributed by atoms with Gasteiger partial charge in [-0.25, -0.2) is 0 Å². The average Bonchev–Trinajstić information content (AvgIpc) is 3.34. The standard InChI is InChI=1S/C45H65ClO5/c1-28(2)37-32(47)26-45(21-11-10-12-29-13-15-30(46)16-14-29)25-24-43(8)31(38(37)45)17-18-34-42(7)22-20-35(51-36(48)27-40(3,4)39(49)50)41(5,6)33(42)19-23-44(34,43)9/h13-16,28,31,33-35H,10-12,17-27H2,1-9H3,(H,49,50)/t31-,33+,34-,35+,42+,43-,44-,45+/m1/s1. The lowest BCUT2D eigenvalue weighted by Gasteiger charge is -2.72. The van der Waals surface area contributed by atoms with Crippen LogP contribution in [0.1, 0.15) is 151 Å². The van der Waals surface area contributed by atoms with Crippen LogP contribution in [0.5, 0.6) is 0 Å². The van der Waals surface area contributed by atoms with Crippen LogP contribution in [0.2, 0.25) is 5.02 Å². The Hall–Kier alpha value is -2.14. The van der Waals surface area contributed by atoms with Gasteiger partial charge < -0.3 is 9.84 Å². The van der Waals surface area contributed by atoms with Crippen LogP contribution in [0.15, 0.2) is 35.4 Å². The molecule has 0 amide bonds. The van der Waals surface area contributed by atoms with Crippen molar-refractivity contribution in [3.8, 4) is 0 Å². The van der Waals surface area contributed by atoms with Gasteiger partial charge in [0, 0.05) is 16.9 Å². The molecule has 4 saturated carbocycles. The zero-order valence-electron chi connectivity index (χ0n) is 33.1. The Morgan fingerprint density at radius 2 is 1.59 bits per heavy atom. The molecule has 0 heterocycles. The van der Waals surface area contributed by atoms with E-state index in [0.29, 0.717) is 30.0 Å². The molecule has 0 bridgehead atoms.